The van der Waals surface area contributed by atoms with Crippen LogP contribution in [0.2, 0.25) is 0 Å². The predicted octanol–water partition coefficient (Wildman–Crippen LogP) is 3.27. The number of hydrogen-bond donors (Lipinski definition) is 0. The number of hydrogen-bond acceptors (Lipinski definition) is 5. The van der Waals surface area contributed by atoms with Crippen LogP contribution in [0, 0.1) is 0 Å². The molecule has 2 aromatic carbocycles. The molecule has 0 aliphatic rings. The molecule has 116 valence electrons. The molecule has 0 amide bonds. The molecule has 6 heteroatoms. The number of carbonyl (C=O) groups is 1. The van der Waals surface area contributed by atoms with Gasteiger partial charge in [-0.1, -0.05) is 60.3 Å². The van der Waals surface area contributed by atoms with Gasteiger partial charge in [0.2, 0.25) is 0 Å². The molecule has 0 saturated carbocycles. The smallest absolute Gasteiger partial charge is 0.323 e. The van der Waals surface area contributed by atoms with E-state index >= 15 is 0 Å². The van der Waals surface area contributed by atoms with Gasteiger partial charge in [-0.25, -0.2) is 0 Å². The summed E-state index contributed by atoms with van der Waals surface area (Å²) in [5.74, 6) is -0.316. The molecule has 23 heavy (non-hydrogen) atoms. The van der Waals surface area contributed by atoms with Crippen LogP contribution in [0.15, 0.2) is 72.1 Å². The summed E-state index contributed by atoms with van der Waals surface area (Å²) in [4.78, 5) is 12.2. The zero-order chi connectivity index (χ0) is 16.1. The zero-order valence-electron chi connectivity index (χ0n) is 12.5. The molecular formula is C17H15N3O2S. The Balaban J connectivity index is 1.93. The summed E-state index contributed by atoms with van der Waals surface area (Å²) in [5, 5.41) is 8.26. The summed E-state index contributed by atoms with van der Waals surface area (Å²) in [5.41, 5.74) is 1.81. The number of benzene rings is 2. The van der Waals surface area contributed by atoms with Gasteiger partial charge >= 0.3 is 5.97 Å². The van der Waals surface area contributed by atoms with Crippen LogP contribution in [0.5, 0.6) is 0 Å². The Morgan fingerprint density at radius 1 is 1.09 bits per heavy atom. The summed E-state index contributed by atoms with van der Waals surface area (Å²) < 4.78 is 6.79. The summed E-state index contributed by atoms with van der Waals surface area (Å²) in [6, 6.07) is 19.3. The summed E-state index contributed by atoms with van der Waals surface area (Å²) in [6.45, 7) is 0. The molecule has 3 aromatic rings. The van der Waals surface area contributed by atoms with Gasteiger partial charge in [0.05, 0.1) is 7.11 Å². The minimum atomic E-state index is -0.493. The molecule has 0 spiro atoms. The van der Waals surface area contributed by atoms with Crippen molar-refractivity contribution in [1.82, 2.24) is 14.8 Å². The Hall–Kier alpha value is -2.60. The van der Waals surface area contributed by atoms with E-state index in [0.717, 1.165) is 11.3 Å². The Labute approximate surface area is 138 Å². The van der Waals surface area contributed by atoms with Crippen molar-refractivity contribution in [3.05, 3.63) is 72.6 Å². The van der Waals surface area contributed by atoms with Crippen LogP contribution in [-0.4, -0.2) is 27.8 Å². The summed E-state index contributed by atoms with van der Waals surface area (Å²) in [6.07, 6.45) is 1.64. The first-order valence-corrected chi connectivity index (χ1v) is 7.92. The monoisotopic (exact) mass is 325 g/mol. The average Bonchev–Trinajstić information content (AvgIpc) is 3.09. The standard InChI is InChI=1S/C17H15N3O2S/c1-22-16(21)15(13-8-4-2-5-9-13)23-17-19-18-12-20(17)14-10-6-3-7-11-14/h2-12,15H,1H3. The molecule has 0 bridgehead atoms. The van der Waals surface area contributed by atoms with E-state index < -0.39 is 5.25 Å². The predicted molar refractivity (Wildman–Crippen MR) is 88.4 cm³/mol. The number of nitrogens with zero attached hydrogens (tertiary/aromatic N) is 3. The van der Waals surface area contributed by atoms with Gasteiger partial charge in [-0.15, -0.1) is 10.2 Å². The minimum absolute atomic E-state index is 0.316. The third kappa shape index (κ3) is 3.43. The van der Waals surface area contributed by atoms with Crippen molar-refractivity contribution in [2.24, 2.45) is 0 Å². The lowest BCUT2D eigenvalue weighted by atomic mass is 10.1. The second kappa shape index (κ2) is 7.11. The van der Waals surface area contributed by atoms with Crippen LogP contribution >= 0.6 is 11.8 Å². The first-order valence-electron chi connectivity index (χ1n) is 7.04. The van der Waals surface area contributed by atoms with E-state index in [9.17, 15) is 4.79 Å². The fourth-order valence-corrected chi connectivity index (χ4v) is 3.22. The lowest BCUT2D eigenvalue weighted by Crippen LogP contribution is -2.12. The average molecular weight is 325 g/mol. The van der Waals surface area contributed by atoms with Gasteiger partial charge in [0.25, 0.3) is 0 Å². The molecule has 0 radical (unpaired) electrons. The summed E-state index contributed by atoms with van der Waals surface area (Å²) in [7, 11) is 1.39. The molecule has 1 aromatic heterocycles. The van der Waals surface area contributed by atoms with Gasteiger partial charge in [-0.2, -0.15) is 0 Å². The van der Waals surface area contributed by atoms with E-state index in [1.807, 2.05) is 65.2 Å². The maximum Gasteiger partial charge on any atom is 0.323 e. The van der Waals surface area contributed by atoms with Crippen LogP contribution in [0.25, 0.3) is 5.69 Å². The normalized spacial score (nSPS) is 11.9. The highest BCUT2D eigenvalue weighted by atomic mass is 32.2. The van der Waals surface area contributed by atoms with Crippen molar-refractivity contribution in [2.45, 2.75) is 10.4 Å². The lowest BCUT2D eigenvalue weighted by Gasteiger charge is -2.14. The van der Waals surface area contributed by atoms with Gasteiger partial charge < -0.3 is 4.74 Å². The van der Waals surface area contributed by atoms with E-state index in [4.69, 9.17) is 4.74 Å². The molecule has 1 unspecified atom stereocenters. The number of carbonyl (C=O) groups excluding carboxylic acids is 1. The summed E-state index contributed by atoms with van der Waals surface area (Å²) >= 11 is 1.32. The third-order valence-electron chi connectivity index (χ3n) is 3.29. The number of thioether (sulfide) groups is 1. The first kappa shape index (κ1) is 15.3. The van der Waals surface area contributed by atoms with Gasteiger partial charge in [0.15, 0.2) is 5.16 Å². The van der Waals surface area contributed by atoms with Crippen LogP contribution in [0.1, 0.15) is 10.8 Å². The number of para-hydroxylation sites is 1. The maximum absolute atomic E-state index is 12.2. The molecule has 0 fully saturated rings. The van der Waals surface area contributed by atoms with Crippen molar-refractivity contribution in [3.63, 3.8) is 0 Å². The molecule has 0 saturated heterocycles. The van der Waals surface area contributed by atoms with Crippen LogP contribution < -0.4 is 0 Å². The van der Waals surface area contributed by atoms with E-state index in [-0.39, 0.29) is 5.97 Å². The highest BCUT2D eigenvalue weighted by Crippen LogP contribution is 2.35. The quantitative estimate of drug-likeness (QED) is 0.532. The largest absolute Gasteiger partial charge is 0.468 e. The van der Waals surface area contributed by atoms with Crippen LogP contribution in [-0.2, 0) is 9.53 Å². The zero-order valence-corrected chi connectivity index (χ0v) is 13.3. The lowest BCUT2D eigenvalue weighted by molar-refractivity contribution is -0.140. The van der Waals surface area contributed by atoms with Gasteiger partial charge in [0.1, 0.15) is 11.6 Å². The highest BCUT2D eigenvalue weighted by molar-refractivity contribution is 8.00. The minimum Gasteiger partial charge on any atom is -0.468 e. The SMILES string of the molecule is COC(=O)C(Sc1nncn1-c1ccccc1)c1ccccc1. The third-order valence-corrected chi connectivity index (χ3v) is 4.48. The number of aromatic nitrogens is 3. The van der Waals surface area contributed by atoms with E-state index in [0.29, 0.717) is 5.16 Å². The molecule has 0 aliphatic heterocycles. The van der Waals surface area contributed by atoms with Gasteiger partial charge in [0, 0.05) is 5.69 Å². The Bertz CT molecular complexity index is 775. The van der Waals surface area contributed by atoms with Gasteiger partial charge in [-0.05, 0) is 17.7 Å². The molecular weight excluding hydrogens is 310 g/mol. The Morgan fingerprint density at radius 2 is 1.74 bits per heavy atom. The van der Waals surface area contributed by atoms with Crippen molar-refractivity contribution < 1.29 is 9.53 Å². The number of rotatable bonds is 5. The van der Waals surface area contributed by atoms with E-state index in [1.165, 1.54) is 18.9 Å². The first-order chi connectivity index (χ1) is 11.3. The van der Waals surface area contributed by atoms with E-state index in [2.05, 4.69) is 10.2 Å². The highest BCUT2D eigenvalue weighted by Gasteiger charge is 2.25. The van der Waals surface area contributed by atoms with Crippen LogP contribution in [0.4, 0.5) is 0 Å². The molecule has 1 atom stereocenters. The number of esters is 1. The Kier molecular flexibility index (Phi) is 4.73. The molecule has 1 heterocycles. The van der Waals surface area contributed by atoms with Crippen LogP contribution in [0.3, 0.4) is 0 Å². The van der Waals surface area contributed by atoms with Crippen molar-refractivity contribution in [3.8, 4) is 5.69 Å². The van der Waals surface area contributed by atoms with Gasteiger partial charge in [-0.3, -0.25) is 9.36 Å². The van der Waals surface area contributed by atoms with Crippen molar-refractivity contribution in [1.29, 1.82) is 0 Å². The fraction of sp³-hybridized carbons (Fsp3) is 0.118. The molecule has 5 nitrogen and oxygen atoms in total. The second-order valence-corrected chi connectivity index (χ2v) is 5.82. The topological polar surface area (TPSA) is 57.0 Å². The van der Waals surface area contributed by atoms with Crippen molar-refractivity contribution in [2.75, 3.05) is 7.11 Å². The maximum atomic E-state index is 12.2. The van der Waals surface area contributed by atoms with E-state index in [1.54, 1.807) is 6.33 Å². The number of ether oxygens (including phenoxy) is 1. The molecule has 0 N–H and O–H groups in total. The molecule has 3 rings (SSSR count). The fourth-order valence-electron chi connectivity index (χ4n) is 2.16. The second-order valence-electron chi connectivity index (χ2n) is 4.75. The Morgan fingerprint density at radius 3 is 2.39 bits per heavy atom. The number of methoxy groups -OCH3 is 1. The van der Waals surface area contributed by atoms with Crippen molar-refractivity contribution >= 4 is 17.7 Å². The molecule has 0 aliphatic carbocycles.